The van der Waals surface area contributed by atoms with Crippen LogP contribution in [0, 0.1) is 5.41 Å². The van der Waals surface area contributed by atoms with E-state index < -0.39 is 0 Å². The van der Waals surface area contributed by atoms with Gasteiger partial charge in [-0.1, -0.05) is 42.8 Å². The van der Waals surface area contributed by atoms with Crippen molar-refractivity contribution in [2.75, 3.05) is 5.73 Å². The van der Waals surface area contributed by atoms with Crippen LogP contribution >= 0.6 is 31.9 Å². The van der Waals surface area contributed by atoms with Crippen LogP contribution in [0.2, 0.25) is 0 Å². The molecule has 0 fully saturated rings. The fraction of sp³-hybridized carbons (Fsp3) is 0.357. The van der Waals surface area contributed by atoms with Crippen molar-refractivity contribution >= 4 is 37.7 Å². The first-order chi connectivity index (χ1) is 8.78. The van der Waals surface area contributed by atoms with Crippen LogP contribution in [0.3, 0.4) is 0 Å². The van der Waals surface area contributed by atoms with Crippen molar-refractivity contribution in [3.63, 3.8) is 0 Å². The molecule has 0 aliphatic carbocycles. The van der Waals surface area contributed by atoms with Gasteiger partial charge in [-0.05, 0) is 46.0 Å². The van der Waals surface area contributed by atoms with Gasteiger partial charge in [-0.25, -0.2) is 4.68 Å². The summed E-state index contributed by atoms with van der Waals surface area (Å²) in [6.07, 6.45) is 0.874. The molecule has 19 heavy (non-hydrogen) atoms. The zero-order chi connectivity index (χ0) is 14.2. The zero-order valence-electron chi connectivity index (χ0n) is 11.2. The van der Waals surface area contributed by atoms with Gasteiger partial charge in [0.25, 0.3) is 0 Å². The Hall–Kier alpha value is -0.810. The minimum atomic E-state index is 0.172. The van der Waals surface area contributed by atoms with Gasteiger partial charge in [0.05, 0.1) is 15.9 Å². The number of anilines is 1. The highest BCUT2D eigenvalue weighted by atomic mass is 79.9. The molecule has 0 bridgehead atoms. The Labute approximate surface area is 130 Å². The van der Waals surface area contributed by atoms with E-state index in [9.17, 15) is 0 Å². The number of aromatic nitrogens is 2. The molecular weight excluding hydrogens is 370 g/mol. The highest BCUT2D eigenvalue weighted by Crippen LogP contribution is 2.31. The topological polar surface area (TPSA) is 43.8 Å². The lowest BCUT2D eigenvalue weighted by Crippen LogP contribution is -2.10. The Balaban J connectivity index is 2.46. The SMILES string of the molecule is CC(C)(C)Cc1nn(-c2cccc(Br)c2)c(N)c1Br. The van der Waals surface area contributed by atoms with E-state index in [1.165, 1.54) is 0 Å². The molecule has 0 spiro atoms. The zero-order valence-corrected chi connectivity index (χ0v) is 14.4. The largest absolute Gasteiger partial charge is 0.383 e. The van der Waals surface area contributed by atoms with Gasteiger partial charge >= 0.3 is 0 Å². The van der Waals surface area contributed by atoms with E-state index >= 15 is 0 Å². The number of rotatable bonds is 2. The van der Waals surface area contributed by atoms with Crippen LogP contribution in [-0.2, 0) is 6.42 Å². The number of hydrogen-bond donors (Lipinski definition) is 1. The fourth-order valence-corrected chi connectivity index (χ4v) is 2.65. The number of benzene rings is 1. The first-order valence-electron chi connectivity index (χ1n) is 6.07. The van der Waals surface area contributed by atoms with Gasteiger partial charge in [0.1, 0.15) is 5.82 Å². The summed E-state index contributed by atoms with van der Waals surface area (Å²) in [4.78, 5) is 0. The quantitative estimate of drug-likeness (QED) is 0.821. The molecule has 0 amide bonds. The Morgan fingerprint density at radius 1 is 1.26 bits per heavy atom. The van der Waals surface area contributed by atoms with E-state index in [0.29, 0.717) is 5.82 Å². The van der Waals surface area contributed by atoms with E-state index in [1.807, 2.05) is 24.3 Å². The summed E-state index contributed by atoms with van der Waals surface area (Å²) in [6.45, 7) is 6.56. The Bertz CT molecular complexity index is 597. The number of hydrogen-bond acceptors (Lipinski definition) is 2. The van der Waals surface area contributed by atoms with Crippen molar-refractivity contribution in [2.24, 2.45) is 5.41 Å². The van der Waals surface area contributed by atoms with Crippen LogP contribution in [0.4, 0.5) is 5.82 Å². The Morgan fingerprint density at radius 2 is 1.95 bits per heavy atom. The van der Waals surface area contributed by atoms with Crippen molar-refractivity contribution in [1.29, 1.82) is 0 Å². The van der Waals surface area contributed by atoms with E-state index in [-0.39, 0.29) is 5.41 Å². The molecule has 0 aliphatic heterocycles. The van der Waals surface area contributed by atoms with Crippen molar-refractivity contribution < 1.29 is 0 Å². The summed E-state index contributed by atoms with van der Waals surface area (Å²) in [7, 11) is 0. The first kappa shape index (κ1) is 14.6. The van der Waals surface area contributed by atoms with E-state index in [0.717, 1.165) is 26.7 Å². The fourth-order valence-electron chi connectivity index (χ4n) is 1.88. The van der Waals surface area contributed by atoms with Gasteiger partial charge in [0.2, 0.25) is 0 Å². The summed E-state index contributed by atoms with van der Waals surface area (Å²) in [6, 6.07) is 7.93. The van der Waals surface area contributed by atoms with Crippen molar-refractivity contribution in [3.05, 3.63) is 38.9 Å². The molecule has 1 aromatic carbocycles. The molecule has 2 N–H and O–H groups in total. The van der Waals surface area contributed by atoms with Gasteiger partial charge < -0.3 is 5.73 Å². The molecule has 3 nitrogen and oxygen atoms in total. The highest BCUT2D eigenvalue weighted by Gasteiger charge is 2.20. The van der Waals surface area contributed by atoms with Gasteiger partial charge in [0.15, 0.2) is 0 Å². The van der Waals surface area contributed by atoms with Gasteiger partial charge in [-0.3, -0.25) is 0 Å². The molecule has 102 valence electrons. The van der Waals surface area contributed by atoms with Crippen molar-refractivity contribution in [3.8, 4) is 5.69 Å². The molecule has 0 saturated carbocycles. The van der Waals surface area contributed by atoms with Gasteiger partial charge in [-0.15, -0.1) is 0 Å². The third-order valence-corrected chi connectivity index (χ3v) is 4.03. The Kier molecular flexibility index (Phi) is 4.06. The average Bonchev–Trinajstić information content (AvgIpc) is 2.55. The van der Waals surface area contributed by atoms with Crippen LogP contribution in [0.1, 0.15) is 26.5 Å². The third kappa shape index (κ3) is 3.39. The number of nitrogens with zero attached hydrogens (tertiary/aromatic N) is 2. The van der Waals surface area contributed by atoms with E-state index in [1.54, 1.807) is 4.68 Å². The molecule has 0 radical (unpaired) electrons. The maximum Gasteiger partial charge on any atom is 0.141 e. The molecule has 0 atom stereocenters. The van der Waals surface area contributed by atoms with E-state index in [4.69, 9.17) is 5.73 Å². The Morgan fingerprint density at radius 3 is 2.53 bits per heavy atom. The minimum Gasteiger partial charge on any atom is -0.383 e. The van der Waals surface area contributed by atoms with Crippen LogP contribution < -0.4 is 5.73 Å². The van der Waals surface area contributed by atoms with Crippen LogP contribution in [0.25, 0.3) is 5.69 Å². The predicted molar refractivity (Wildman–Crippen MR) is 86.5 cm³/mol. The lowest BCUT2D eigenvalue weighted by Gasteiger charge is -2.16. The van der Waals surface area contributed by atoms with Crippen molar-refractivity contribution in [2.45, 2.75) is 27.2 Å². The second-order valence-electron chi connectivity index (χ2n) is 5.78. The van der Waals surface area contributed by atoms with Crippen LogP contribution in [0.5, 0.6) is 0 Å². The first-order valence-corrected chi connectivity index (χ1v) is 7.65. The molecule has 0 unspecified atom stereocenters. The van der Waals surface area contributed by atoms with Crippen LogP contribution in [0.15, 0.2) is 33.2 Å². The summed E-state index contributed by atoms with van der Waals surface area (Å²) in [5.74, 6) is 0.636. The molecular formula is C14H17Br2N3. The monoisotopic (exact) mass is 385 g/mol. The second kappa shape index (κ2) is 5.29. The summed E-state index contributed by atoms with van der Waals surface area (Å²) in [5.41, 5.74) is 8.26. The maximum absolute atomic E-state index is 6.14. The maximum atomic E-state index is 6.14. The number of nitrogens with two attached hydrogens (primary N) is 1. The minimum absolute atomic E-state index is 0.172. The molecule has 2 rings (SSSR count). The number of nitrogen functional groups attached to an aromatic ring is 1. The molecule has 1 aromatic heterocycles. The average molecular weight is 387 g/mol. The molecule has 5 heteroatoms. The normalized spacial score (nSPS) is 11.8. The lowest BCUT2D eigenvalue weighted by molar-refractivity contribution is 0.404. The smallest absolute Gasteiger partial charge is 0.141 e. The van der Waals surface area contributed by atoms with Gasteiger partial charge in [0, 0.05) is 4.47 Å². The highest BCUT2D eigenvalue weighted by molar-refractivity contribution is 9.11. The summed E-state index contributed by atoms with van der Waals surface area (Å²) in [5, 5.41) is 4.63. The predicted octanol–water partition coefficient (Wildman–Crippen LogP) is 4.57. The molecule has 0 saturated heterocycles. The van der Waals surface area contributed by atoms with Gasteiger partial charge in [-0.2, -0.15) is 5.10 Å². The molecule has 0 aliphatic rings. The van der Waals surface area contributed by atoms with Crippen molar-refractivity contribution in [1.82, 2.24) is 9.78 Å². The van der Waals surface area contributed by atoms with Crippen LogP contribution in [-0.4, -0.2) is 9.78 Å². The third-order valence-electron chi connectivity index (χ3n) is 2.68. The molecule has 2 aromatic rings. The second-order valence-corrected chi connectivity index (χ2v) is 7.48. The summed E-state index contributed by atoms with van der Waals surface area (Å²) >= 11 is 7.01. The standard InChI is InChI=1S/C14H17Br2N3/c1-14(2,3)8-11-12(16)13(17)19(18-11)10-6-4-5-9(15)7-10/h4-7H,8,17H2,1-3H3. The summed E-state index contributed by atoms with van der Waals surface area (Å²) < 4.78 is 3.67. The molecule has 1 heterocycles. The van der Waals surface area contributed by atoms with E-state index in [2.05, 4.69) is 57.7 Å². The lowest BCUT2D eigenvalue weighted by atomic mass is 9.91. The number of halogens is 2.